The van der Waals surface area contributed by atoms with Crippen molar-refractivity contribution in [1.82, 2.24) is 0 Å². The molecule has 0 spiro atoms. The van der Waals surface area contributed by atoms with Crippen LogP contribution in [0.2, 0.25) is 0 Å². The molecule has 6 nitrogen and oxygen atoms in total. The Kier molecular flexibility index (Phi) is 12.3. The molecule has 0 aromatic heterocycles. The highest BCUT2D eigenvalue weighted by molar-refractivity contribution is 7.38. The molecule has 0 amide bonds. The van der Waals surface area contributed by atoms with Crippen LogP contribution in [0.3, 0.4) is 0 Å². The van der Waals surface area contributed by atoms with Gasteiger partial charge in [0.25, 0.3) is 0 Å². The topological polar surface area (TPSA) is 121 Å². The minimum Gasteiger partial charge on any atom is -0.508 e. The molecule has 6 N–H and O–H groups in total. The van der Waals surface area contributed by atoms with Gasteiger partial charge in [0, 0.05) is 5.41 Å². The molecular weight excluding hydrogens is 259 g/mol. The van der Waals surface area contributed by atoms with Crippen LogP contribution < -0.4 is 0 Å². The summed E-state index contributed by atoms with van der Waals surface area (Å²) in [6.07, 6.45) is 0. The summed E-state index contributed by atoms with van der Waals surface area (Å²) in [5.41, 5.74) is -0.306. The monoisotopic (exact) mass is 280 g/mol. The number of benzene rings is 1. The first-order valence-electron chi connectivity index (χ1n) is 5.07. The molecule has 18 heavy (non-hydrogen) atoms. The Balaban J connectivity index is 0. The van der Waals surface area contributed by atoms with E-state index in [-0.39, 0.29) is 18.6 Å². The molecule has 0 atom stereocenters. The number of para-hydroxylation sites is 1. The van der Waals surface area contributed by atoms with E-state index in [2.05, 4.69) is 0 Å². The number of aromatic hydroxyl groups is 1. The molecule has 0 saturated heterocycles. The predicted octanol–water partition coefficient (Wildman–Crippen LogP) is 0.580. The van der Waals surface area contributed by atoms with E-state index in [0.717, 1.165) is 0 Å². The molecule has 0 unspecified atom stereocenters. The minimum atomic E-state index is -2.62. The van der Waals surface area contributed by atoms with Crippen LogP contribution in [0.1, 0.15) is 13.8 Å². The van der Waals surface area contributed by atoms with E-state index in [1.807, 2.05) is 6.07 Å². The average Bonchev–Trinajstić information content (AvgIpc) is 2.30. The van der Waals surface area contributed by atoms with Gasteiger partial charge in [0.2, 0.25) is 0 Å². The molecule has 0 heterocycles. The number of hydrogen-bond acceptors (Lipinski definition) is 6. The van der Waals surface area contributed by atoms with Crippen LogP contribution in [0.4, 0.5) is 0 Å². The lowest BCUT2D eigenvalue weighted by molar-refractivity contribution is 0.0857. The zero-order valence-electron chi connectivity index (χ0n) is 10.4. The first-order valence-corrected chi connectivity index (χ1v) is 6.27. The number of aliphatic hydroxyl groups excluding tert-OH is 2. The zero-order chi connectivity index (χ0) is 14.6. The number of hydrogen-bond donors (Lipinski definition) is 6. The van der Waals surface area contributed by atoms with Crippen LogP contribution in [-0.4, -0.2) is 43.2 Å². The van der Waals surface area contributed by atoms with Crippen molar-refractivity contribution in [2.75, 3.05) is 13.2 Å². The maximum absolute atomic E-state index is 8.63. The second-order valence-corrected chi connectivity index (χ2v) is 4.62. The van der Waals surface area contributed by atoms with Crippen molar-refractivity contribution in [2.24, 2.45) is 5.41 Å². The summed E-state index contributed by atoms with van der Waals surface area (Å²) in [6, 6.07) is 8.71. The van der Waals surface area contributed by atoms with Crippen LogP contribution in [0.25, 0.3) is 0 Å². The molecule has 7 heteroatoms. The molecule has 106 valence electrons. The fourth-order valence-electron chi connectivity index (χ4n) is 0.478. The van der Waals surface area contributed by atoms with Crippen molar-refractivity contribution >= 4 is 8.60 Å². The second kappa shape index (κ2) is 11.3. The van der Waals surface area contributed by atoms with E-state index < -0.39 is 8.60 Å². The maximum Gasteiger partial charge on any atom is 0.324 e. The highest BCUT2D eigenvalue weighted by Crippen LogP contribution is 2.11. The van der Waals surface area contributed by atoms with Crippen LogP contribution in [0.5, 0.6) is 5.75 Å². The molecule has 1 rings (SSSR count). The number of rotatable bonds is 2. The van der Waals surface area contributed by atoms with Crippen LogP contribution in [0, 0.1) is 5.41 Å². The van der Waals surface area contributed by atoms with Gasteiger partial charge in [0.05, 0.1) is 13.2 Å². The number of aliphatic hydroxyl groups is 2. The summed E-state index contributed by atoms with van der Waals surface area (Å²) in [6.45, 7) is 3.69. The highest BCUT2D eigenvalue weighted by Gasteiger charge is 2.13. The van der Waals surface area contributed by atoms with E-state index in [9.17, 15) is 0 Å². The van der Waals surface area contributed by atoms with Crippen molar-refractivity contribution in [3.8, 4) is 5.75 Å². The summed E-state index contributed by atoms with van der Waals surface area (Å²) in [7, 11) is -2.62. The fraction of sp³-hybridized carbons (Fsp3) is 0.455. The van der Waals surface area contributed by atoms with Crippen molar-refractivity contribution in [2.45, 2.75) is 13.8 Å². The number of phenolic OH excluding ortho intramolecular Hbond substituents is 1. The van der Waals surface area contributed by atoms with Crippen molar-refractivity contribution in [3.63, 3.8) is 0 Å². The Bertz CT molecular complexity index is 269. The Morgan fingerprint density at radius 3 is 1.39 bits per heavy atom. The normalized spacial score (nSPS) is 10.0. The van der Waals surface area contributed by atoms with E-state index in [1.165, 1.54) is 0 Å². The maximum atomic E-state index is 8.63. The molecule has 0 aliphatic heterocycles. The van der Waals surface area contributed by atoms with Gasteiger partial charge in [0.1, 0.15) is 5.75 Å². The van der Waals surface area contributed by atoms with Gasteiger partial charge in [-0.2, -0.15) is 0 Å². The van der Waals surface area contributed by atoms with Crippen LogP contribution in [-0.2, 0) is 0 Å². The lowest BCUT2D eigenvalue weighted by Crippen LogP contribution is -2.20. The summed E-state index contributed by atoms with van der Waals surface area (Å²) in [5, 5.41) is 25.5. The van der Waals surface area contributed by atoms with Crippen molar-refractivity contribution in [1.29, 1.82) is 0 Å². The molecule has 0 saturated carbocycles. The number of phenols is 1. The SMILES string of the molecule is CC(C)(CO)CO.OP(O)O.Oc1ccccc1. The van der Waals surface area contributed by atoms with Gasteiger partial charge < -0.3 is 30.0 Å². The van der Waals surface area contributed by atoms with E-state index >= 15 is 0 Å². The minimum absolute atomic E-state index is 0.0451. The second-order valence-electron chi connectivity index (χ2n) is 4.08. The van der Waals surface area contributed by atoms with Crippen molar-refractivity contribution in [3.05, 3.63) is 30.3 Å². The largest absolute Gasteiger partial charge is 0.508 e. The summed E-state index contributed by atoms with van der Waals surface area (Å²) < 4.78 is 0. The Labute approximate surface area is 108 Å². The van der Waals surface area contributed by atoms with Gasteiger partial charge in [-0.3, -0.25) is 0 Å². The Morgan fingerprint density at radius 2 is 1.28 bits per heavy atom. The Morgan fingerprint density at radius 1 is 0.944 bits per heavy atom. The first-order chi connectivity index (χ1) is 8.25. The third kappa shape index (κ3) is 17.6. The van der Waals surface area contributed by atoms with Gasteiger partial charge >= 0.3 is 8.60 Å². The third-order valence-electron chi connectivity index (χ3n) is 1.61. The molecule has 0 bridgehead atoms. The molecule has 0 radical (unpaired) electrons. The van der Waals surface area contributed by atoms with Crippen LogP contribution >= 0.6 is 8.60 Å². The molecular formula is C11H21O6P. The van der Waals surface area contributed by atoms with Gasteiger partial charge in [-0.15, -0.1) is 0 Å². The summed E-state index contributed by atoms with van der Waals surface area (Å²) in [5.74, 6) is 0.322. The molecule has 0 aliphatic rings. The lowest BCUT2D eigenvalue weighted by Gasteiger charge is -2.16. The highest BCUT2D eigenvalue weighted by atomic mass is 31.2. The standard InChI is InChI=1S/C6H6O.C5H12O2.H3O3P/c7-6-4-2-1-3-5-6;1-5(2,3-6)4-7;1-4(2)3/h1-5,7H;6-7H,3-4H2,1-2H3;1-3H. The van der Waals surface area contributed by atoms with Crippen LogP contribution in [0.15, 0.2) is 30.3 Å². The van der Waals surface area contributed by atoms with E-state index in [0.29, 0.717) is 5.75 Å². The van der Waals surface area contributed by atoms with Crippen molar-refractivity contribution < 1.29 is 30.0 Å². The van der Waals surface area contributed by atoms with Gasteiger partial charge in [-0.1, -0.05) is 32.0 Å². The zero-order valence-corrected chi connectivity index (χ0v) is 11.3. The molecule has 1 aromatic carbocycles. The molecule has 0 aliphatic carbocycles. The fourth-order valence-corrected chi connectivity index (χ4v) is 0.478. The molecule has 0 fully saturated rings. The smallest absolute Gasteiger partial charge is 0.324 e. The van der Waals surface area contributed by atoms with Gasteiger partial charge in [-0.25, -0.2) is 0 Å². The van der Waals surface area contributed by atoms with Gasteiger partial charge in [-0.05, 0) is 12.1 Å². The average molecular weight is 280 g/mol. The molecule has 1 aromatic rings. The predicted molar refractivity (Wildman–Crippen MR) is 69.6 cm³/mol. The Hall–Kier alpha value is -0.750. The van der Waals surface area contributed by atoms with E-state index in [4.69, 9.17) is 30.0 Å². The lowest BCUT2D eigenvalue weighted by atomic mass is 9.97. The third-order valence-corrected chi connectivity index (χ3v) is 1.61. The first kappa shape index (κ1) is 19.6. The summed E-state index contributed by atoms with van der Waals surface area (Å²) >= 11 is 0. The van der Waals surface area contributed by atoms with E-state index in [1.54, 1.807) is 38.1 Å². The summed E-state index contributed by atoms with van der Waals surface area (Å²) in [4.78, 5) is 21.7. The van der Waals surface area contributed by atoms with Gasteiger partial charge in [0.15, 0.2) is 0 Å². The quantitative estimate of drug-likeness (QED) is 0.441.